The summed E-state index contributed by atoms with van der Waals surface area (Å²) in [5.41, 5.74) is 2.94. The number of benzene rings is 3. The third-order valence-electron chi connectivity index (χ3n) is 5.04. The van der Waals surface area contributed by atoms with E-state index in [2.05, 4.69) is 5.32 Å². The molecular weight excluding hydrogens is 456 g/mol. The van der Waals surface area contributed by atoms with Gasteiger partial charge in [-0.15, -0.1) is 11.8 Å². The van der Waals surface area contributed by atoms with Gasteiger partial charge in [0.1, 0.15) is 12.3 Å². The first-order chi connectivity index (χ1) is 15.7. The van der Waals surface area contributed by atoms with Crippen LogP contribution in [0.5, 0.6) is 5.75 Å². The average molecular weight is 485 g/mol. The molecule has 0 unspecified atom stereocenters. The number of ether oxygens (including phenoxy) is 1. The first kappa shape index (κ1) is 24.7. The molecule has 0 aliphatic carbocycles. The fraction of sp³-hybridized carbons (Fsp3) is 0.240. The Morgan fingerprint density at radius 3 is 2.27 bits per heavy atom. The molecule has 0 atom stereocenters. The van der Waals surface area contributed by atoms with Gasteiger partial charge in [0.15, 0.2) is 0 Å². The fourth-order valence-corrected chi connectivity index (χ4v) is 5.09. The Morgan fingerprint density at radius 2 is 1.67 bits per heavy atom. The van der Waals surface area contributed by atoms with E-state index in [1.54, 1.807) is 48.5 Å². The quantitative estimate of drug-likeness (QED) is 0.420. The number of sulfonamides is 1. The maximum absolute atomic E-state index is 13.6. The van der Waals surface area contributed by atoms with Crippen LogP contribution in [0.1, 0.15) is 18.1 Å². The zero-order chi connectivity index (χ0) is 24.0. The van der Waals surface area contributed by atoms with Crippen LogP contribution in [0.4, 0.5) is 11.4 Å². The molecule has 174 valence electrons. The highest BCUT2D eigenvalue weighted by Crippen LogP contribution is 2.27. The summed E-state index contributed by atoms with van der Waals surface area (Å²) in [7, 11) is -3.99. The van der Waals surface area contributed by atoms with E-state index in [9.17, 15) is 13.2 Å². The molecule has 0 heterocycles. The number of hydrogen-bond acceptors (Lipinski definition) is 5. The first-order valence-electron chi connectivity index (χ1n) is 10.5. The number of nitrogens with zero attached hydrogens (tertiary/aromatic N) is 1. The van der Waals surface area contributed by atoms with Crippen molar-refractivity contribution in [1.29, 1.82) is 0 Å². The van der Waals surface area contributed by atoms with E-state index in [-0.39, 0.29) is 11.4 Å². The third-order valence-corrected chi connectivity index (χ3v) is 7.57. The van der Waals surface area contributed by atoms with E-state index in [4.69, 9.17) is 4.74 Å². The maximum atomic E-state index is 13.6. The minimum atomic E-state index is -3.99. The lowest BCUT2D eigenvalue weighted by molar-refractivity contribution is -0.114. The SMILES string of the molecule is CCOc1ccc(N(CC(=O)Nc2cc(C)ccc2C)S(=O)(=O)c2ccc(SC)cc2)cc1. The first-order valence-corrected chi connectivity index (χ1v) is 13.2. The summed E-state index contributed by atoms with van der Waals surface area (Å²) in [5, 5.41) is 2.85. The van der Waals surface area contributed by atoms with Gasteiger partial charge in [0, 0.05) is 10.6 Å². The van der Waals surface area contributed by atoms with E-state index >= 15 is 0 Å². The molecule has 33 heavy (non-hydrogen) atoms. The Bertz CT molecular complexity index is 1210. The molecule has 8 heteroatoms. The van der Waals surface area contributed by atoms with Crippen LogP contribution in [-0.2, 0) is 14.8 Å². The molecule has 0 aliphatic heterocycles. The maximum Gasteiger partial charge on any atom is 0.264 e. The molecule has 0 saturated heterocycles. The number of thioether (sulfide) groups is 1. The second-order valence-corrected chi connectivity index (χ2v) is 10.2. The minimum absolute atomic E-state index is 0.119. The molecule has 0 bridgehead atoms. The number of aryl methyl sites for hydroxylation is 2. The Kier molecular flexibility index (Phi) is 8.05. The standard InChI is InChI=1S/C25H28N2O4S2/c1-5-31-21-10-8-20(9-11-21)27(33(29,30)23-14-12-22(32-4)13-15-23)17-25(28)26-24-16-18(2)6-7-19(24)3/h6-16H,5,17H2,1-4H3,(H,26,28). The van der Waals surface area contributed by atoms with Crippen molar-refractivity contribution in [1.82, 2.24) is 0 Å². The van der Waals surface area contributed by atoms with Crippen molar-refractivity contribution in [2.45, 2.75) is 30.6 Å². The highest BCUT2D eigenvalue weighted by molar-refractivity contribution is 7.98. The molecule has 0 spiro atoms. The van der Waals surface area contributed by atoms with E-state index in [0.717, 1.165) is 20.3 Å². The predicted molar refractivity (Wildman–Crippen MR) is 135 cm³/mol. The number of carbonyl (C=O) groups excluding carboxylic acids is 1. The number of hydrogen-bond donors (Lipinski definition) is 1. The van der Waals surface area contributed by atoms with Crippen molar-refractivity contribution in [3.63, 3.8) is 0 Å². The summed E-state index contributed by atoms with van der Waals surface area (Å²) in [6, 6.07) is 19.0. The van der Waals surface area contributed by atoms with Crippen LogP contribution in [0.25, 0.3) is 0 Å². The van der Waals surface area contributed by atoms with Gasteiger partial charge >= 0.3 is 0 Å². The second kappa shape index (κ2) is 10.8. The Hall–Kier alpha value is -2.97. The molecule has 0 aromatic heterocycles. The lowest BCUT2D eigenvalue weighted by Crippen LogP contribution is -2.38. The highest BCUT2D eigenvalue weighted by atomic mass is 32.2. The third kappa shape index (κ3) is 6.09. The molecule has 0 aliphatic rings. The smallest absolute Gasteiger partial charge is 0.264 e. The lowest BCUT2D eigenvalue weighted by atomic mass is 10.1. The fourth-order valence-electron chi connectivity index (χ4n) is 3.26. The van der Waals surface area contributed by atoms with Crippen molar-refractivity contribution < 1.29 is 17.9 Å². The monoisotopic (exact) mass is 484 g/mol. The second-order valence-electron chi connectivity index (χ2n) is 7.48. The van der Waals surface area contributed by atoms with Gasteiger partial charge in [-0.2, -0.15) is 0 Å². The van der Waals surface area contributed by atoms with E-state index in [1.807, 2.05) is 45.2 Å². The van der Waals surface area contributed by atoms with Crippen molar-refractivity contribution >= 4 is 39.1 Å². The summed E-state index contributed by atoms with van der Waals surface area (Å²) in [5.74, 6) is 0.199. The molecule has 3 rings (SSSR count). The molecule has 0 fully saturated rings. The number of nitrogens with one attached hydrogen (secondary N) is 1. The van der Waals surface area contributed by atoms with Gasteiger partial charge in [-0.1, -0.05) is 12.1 Å². The summed E-state index contributed by atoms with van der Waals surface area (Å²) in [6.45, 7) is 5.84. The largest absolute Gasteiger partial charge is 0.494 e. The van der Waals surface area contributed by atoms with Crippen LogP contribution >= 0.6 is 11.8 Å². The number of rotatable bonds is 9. The molecule has 3 aromatic carbocycles. The van der Waals surface area contributed by atoms with Crippen LogP contribution in [-0.4, -0.2) is 33.7 Å². The van der Waals surface area contributed by atoms with Crippen molar-refractivity contribution in [3.05, 3.63) is 77.9 Å². The minimum Gasteiger partial charge on any atom is -0.494 e. The van der Waals surface area contributed by atoms with Crippen LogP contribution in [0.15, 0.2) is 76.5 Å². The van der Waals surface area contributed by atoms with Crippen molar-refractivity contribution in [3.8, 4) is 5.75 Å². The molecule has 3 aromatic rings. The number of carbonyl (C=O) groups is 1. The number of amides is 1. The summed E-state index contributed by atoms with van der Waals surface area (Å²) >= 11 is 1.53. The summed E-state index contributed by atoms with van der Waals surface area (Å²) < 4.78 is 33.7. The Morgan fingerprint density at radius 1 is 1.00 bits per heavy atom. The van der Waals surface area contributed by atoms with Crippen LogP contribution in [0.3, 0.4) is 0 Å². The highest BCUT2D eigenvalue weighted by Gasteiger charge is 2.27. The molecular formula is C25H28N2O4S2. The van der Waals surface area contributed by atoms with Gasteiger partial charge in [0.25, 0.3) is 10.0 Å². The molecule has 0 saturated carbocycles. The molecule has 0 radical (unpaired) electrons. The zero-order valence-corrected chi connectivity index (χ0v) is 20.8. The van der Waals surface area contributed by atoms with Crippen LogP contribution < -0.4 is 14.4 Å². The van der Waals surface area contributed by atoms with Gasteiger partial charge in [0.2, 0.25) is 5.91 Å². The average Bonchev–Trinajstić information content (AvgIpc) is 2.80. The van der Waals surface area contributed by atoms with Gasteiger partial charge in [-0.25, -0.2) is 8.42 Å². The van der Waals surface area contributed by atoms with E-state index in [1.165, 1.54) is 11.8 Å². The normalized spacial score (nSPS) is 11.2. The van der Waals surface area contributed by atoms with Gasteiger partial charge in [-0.05, 0) is 92.8 Å². The van der Waals surface area contributed by atoms with Crippen LogP contribution in [0.2, 0.25) is 0 Å². The summed E-state index contributed by atoms with van der Waals surface area (Å²) in [6.07, 6.45) is 1.92. The van der Waals surface area contributed by atoms with Gasteiger partial charge in [-0.3, -0.25) is 9.10 Å². The Labute approximate surface area is 200 Å². The number of anilines is 2. The van der Waals surface area contributed by atoms with Gasteiger partial charge in [0.05, 0.1) is 17.2 Å². The van der Waals surface area contributed by atoms with Crippen LogP contribution in [0, 0.1) is 13.8 Å². The van der Waals surface area contributed by atoms with Gasteiger partial charge < -0.3 is 10.1 Å². The summed E-state index contributed by atoms with van der Waals surface area (Å²) in [4.78, 5) is 14.0. The molecule has 1 amide bonds. The predicted octanol–water partition coefficient (Wildman–Crippen LogP) is 5.26. The van der Waals surface area contributed by atoms with E-state index in [0.29, 0.717) is 23.7 Å². The lowest BCUT2D eigenvalue weighted by Gasteiger charge is -2.24. The Balaban J connectivity index is 1.95. The molecule has 6 nitrogen and oxygen atoms in total. The van der Waals surface area contributed by atoms with Crippen molar-refractivity contribution in [2.24, 2.45) is 0 Å². The topological polar surface area (TPSA) is 75.7 Å². The van der Waals surface area contributed by atoms with Crippen molar-refractivity contribution in [2.75, 3.05) is 29.0 Å². The zero-order valence-electron chi connectivity index (χ0n) is 19.2. The van der Waals surface area contributed by atoms with E-state index < -0.39 is 15.9 Å². The molecule has 1 N–H and O–H groups in total.